The first-order chi connectivity index (χ1) is 8.18. The van der Waals surface area contributed by atoms with Gasteiger partial charge in [-0.2, -0.15) is 5.10 Å². The minimum Gasteiger partial charge on any atom is -0.385 e. The fourth-order valence-corrected chi connectivity index (χ4v) is 2.21. The summed E-state index contributed by atoms with van der Waals surface area (Å²) in [7, 11) is 0. The van der Waals surface area contributed by atoms with Crippen LogP contribution in [-0.4, -0.2) is 15.6 Å². The lowest BCUT2D eigenvalue weighted by Gasteiger charge is -2.34. The molecule has 6 heteroatoms. The maximum Gasteiger partial charge on any atom is 0.229 e. The zero-order valence-electron chi connectivity index (χ0n) is 9.50. The molecule has 3 rings (SSSR count). The third-order valence-corrected chi connectivity index (χ3v) is 3.12. The van der Waals surface area contributed by atoms with Gasteiger partial charge in [0.15, 0.2) is 0 Å². The lowest BCUT2D eigenvalue weighted by atomic mass is 10.1. The maximum atomic E-state index is 5.85. The van der Waals surface area contributed by atoms with Crippen LogP contribution in [0.3, 0.4) is 0 Å². The molecule has 2 aliphatic rings. The highest BCUT2D eigenvalue weighted by molar-refractivity contribution is 5.92. The van der Waals surface area contributed by atoms with Crippen molar-refractivity contribution in [3.8, 4) is 0 Å². The molecular formula is C11H16N6. The average molecular weight is 232 g/mol. The van der Waals surface area contributed by atoms with Crippen LogP contribution >= 0.6 is 0 Å². The minimum atomic E-state index is -0.645. The number of nitrogens with two attached hydrogens (primary N) is 2. The van der Waals surface area contributed by atoms with Gasteiger partial charge < -0.3 is 16.8 Å². The van der Waals surface area contributed by atoms with Crippen LogP contribution in [0.5, 0.6) is 0 Å². The van der Waals surface area contributed by atoms with Gasteiger partial charge in [-0.3, -0.25) is 0 Å². The molecule has 1 aliphatic carbocycles. The molecule has 1 aromatic heterocycles. The molecule has 0 amide bonds. The molecule has 0 bridgehead atoms. The number of nitrogens with one attached hydrogen (secondary N) is 1. The van der Waals surface area contributed by atoms with Gasteiger partial charge in [-0.05, 0) is 24.8 Å². The summed E-state index contributed by atoms with van der Waals surface area (Å²) in [5.41, 5.74) is 11.7. The van der Waals surface area contributed by atoms with Crippen LogP contribution < -0.4 is 16.8 Å². The number of aliphatic imine (C=N–C) groups is 1. The van der Waals surface area contributed by atoms with Crippen LogP contribution in [0.1, 0.15) is 19.3 Å². The molecule has 2 heterocycles. The molecule has 0 aromatic carbocycles. The van der Waals surface area contributed by atoms with Crippen molar-refractivity contribution in [2.45, 2.75) is 25.0 Å². The van der Waals surface area contributed by atoms with E-state index in [1.54, 1.807) is 17.0 Å². The second-order valence-electron chi connectivity index (χ2n) is 4.68. The molecule has 1 aromatic rings. The monoisotopic (exact) mass is 232 g/mol. The van der Waals surface area contributed by atoms with Gasteiger partial charge in [0.25, 0.3) is 0 Å². The van der Waals surface area contributed by atoms with Crippen molar-refractivity contribution in [2.75, 3.05) is 0 Å². The molecule has 17 heavy (non-hydrogen) atoms. The fourth-order valence-electron chi connectivity index (χ4n) is 2.21. The van der Waals surface area contributed by atoms with Crippen LogP contribution in [-0.2, 0) is 5.79 Å². The van der Waals surface area contributed by atoms with Gasteiger partial charge in [-0.1, -0.05) is 0 Å². The van der Waals surface area contributed by atoms with Crippen LogP contribution in [0, 0.1) is 5.92 Å². The second kappa shape index (κ2) is 3.51. The van der Waals surface area contributed by atoms with E-state index in [0.29, 0.717) is 17.6 Å². The van der Waals surface area contributed by atoms with E-state index >= 15 is 0 Å². The Labute approximate surface area is 99.4 Å². The molecule has 5 N–H and O–H groups in total. The third-order valence-electron chi connectivity index (χ3n) is 3.12. The number of amidine groups is 1. The number of aromatic nitrogens is 2. The van der Waals surface area contributed by atoms with Crippen molar-refractivity contribution in [1.29, 1.82) is 0 Å². The van der Waals surface area contributed by atoms with E-state index < -0.39 is 5.79 Å². The molecule has 0 spiro atoms. The highest BCUT2D eigenvalue weighted by Gasteiger charge is 2.40. The second-order valence-corrected chi connectivity index (χ2v) is 4.68. The van der Waals surface area contributed by atoms with Crippen molar-refractivity contribution >= 4 is 5.84 Å². The zero-order chi connectivity index (χ0) is 11.9. The van der Waals surface area contributed by atoms with Gasteiger partial charge in [0.2, 0.25) is 5.79 Å². The Hall–Kier alpha value is -1.98. The first-order valence-corrected chi connectivity index (χ1v) is 5.79. The van der Waals surface area contributed by atoms with Gasteiger partial charge in [0.1, 0.15) is 11.7 Å². The lowest BCUT2D eigenvalue weighted by Crippen LogP contribution is -2.51. The quantitative estimate of drug-likeness (QED) is 0.686. The van der Waals surface area contributed by atoms with Crippen molar-refractivity contribution in [3.63, 3.8) is 0 Å². The van der Waals surface area contributed by atoms with Crippen LogP contribution in [0.4, 0.5) is 0 Å². The minimum absolute atomic E-state index is 0.442. The summed E-state index contributed by atoms with van der Waals surface area (Å²) in [6.07, 6.45) is 8.59. The average Bonchev–Trinajstić information content (AvgIpc) is 2.89. The Bertz CT molecular complexity index is 470. The molecule has 0 saturated heterocycles. The molecule has 1 aliphatic heterocycles. The van der Waals surface area contributed by atoms with Gasteiger partial charge in [-0.15, -0.1) is 0 Å². The topological polar surface area (TPSA) is 94.3 Å². The summed E-state index contributed by atoms with van der Waals surface area (Å²) in [5, 5.41) is 7.48. The zero-order valence-corrected chi connectivity index (χ0v) is 9.50. The Kier molecular flexibility index (Phi) is 2.10. The Morgan fingerprint density at radius 3 is 2.88 bits per heavy atom. The molecule has 1 fully saturated rings. The van der Waals surface area contributed by atoms with Gasteiger partial charge in [0, 0.05) is 24.9 Å². The largest absolute Gasteiger partial charge is 0.385 e. The Morgan fingerprint density at radius 2 is 2.29 bits per heavy atom. The summed E-state index contributed by atoms with van der Waals surface area (Å²) in [5.74, 6) is 1.01. The van der Waals surface area contributed by atoms with Gasteiger partial charge >= 0.3 is 0 Å². The predicted molar refractivity (Wildman–Crippen MR) is 64.6 cm³/mol. The van der Waals surface area contributed by atoms with Crippen molar-refractivity contribution in [1.82, 2.24) is 15.1 Å². The van der Waals surface area contributed by atoms with Crippen LogP contribution in [0.2, 0.25) is 0 Å². The smallest absolute Gasteiger partial charge is 0.229 e. The molecule has 1 unspecified atom stereocenters. The first kappa shape index (κ1) is 10.2. The van der Waals surface area contributed by atoms with Crippen molar-refractivity contribution in [2.24, 2.45) is 22.4 Å². The highest BCUT2D eigenvalue weighted by atomic mass is 15.5. The fraction of sp³-hybridized carbons (Fsp3) is 0.455. The molecule has 90 valence electrons. The predicted octanol–water partition coefficient (Wildman–Crippen LogP) is 0.0540. The van der Waals surface area contributed by atoms with E-state index in [2.05, 4.69) is 15.4 Å². The molecule has 6 nitrogen and oxygen atoms in total. The summed E-state index contributed by atoms with van der Waals surface area (Å²) < 4.78 is 1.79. The molecule has 1 saturated carbocycles. The van der Waals surface area contributed by atoms with Crippen molar-refractivity contribution in [3.05, 3.63) is 30.4 Å². The van der Waals surface area contributed by atoms with Gasteiger partial charge in [-0.25, -0.2) is 9.67 Å². The van der Waals surface area contributed by atoms with E-state index in [0.717, 1.165) is 6.42 Å². The number of hydrogen-bond donors (Lipinski definition) is 3. The number of nitrogens with zero attached hydrogens (tertiary/aromatic N) is 3. The van der Waals surface area contributed by atoms with E-state index in [-0.39, 0.29) is 0 Å². The SMILES string of the molecule is NC1=CC(N)=NC(CC2CC2)(n2cccn2)N1. The molecule has 0 radical (unpaired) electrons. The van der Waals surface area contributed by atoms with E-state index in [4.69, 9.17) is 11.5 Å². The maximum absolute atomic E-state index is 5.85. The molecule has 1 atom stereocenters. The van der Waals surface area contributed by atoms with Gasteiger partial charge in [0.05, 0.1) is 0 Å². The summed E-state index contributed by atoms with van der Waals surface area (Å²) in [6, 6.07) is 1.87. The van der Waals surface area contributed by atoms with E-state index in [9.17, 15) is 0 Å². The first-order valence-electron chi connectivity index (χ1n) is 5.79. The van der Waals surface area contributed by atoms with Crippen molar-refractivity contribution < 1.29 is 0 Å². The summed E-state index contributed by atoms with van der Waals surface area (Å²) in [4.78, 5) is 4.51. The van der Waals surface area contributed by atoms with E-state index in [1.165, 1.54) is 12.8 Å². The highest BCUT2D eigenvalue weighted by Crippen LogP contribution is 2.39. The molecular weight excluding hydrogens is 216 g/mol. The Morgan fingerprint density at radius 1 is 1.47 bits per heavy atom. The van der Waals surface area contributed by atoms with E-state index in [1.807, 2.05) is 12.3 Å². The standard InChI is InChI=1S/C11H16N6/c12-9-6-10(13)16-11(15-9,7-8-2-3-8)17-5-1-4-14-17/h1,4-6,8,15H,2-3,7,12H2,(H2,13,16). The van der Waals surface area contributed by atoms with Crippen LogP contribution in [0.25, 0.3) is 0 Å². The summed E-state index contributed by atoms with van der Waals surface area (Å²) in [6.45, 7) is 0. The third kappa shape index (κ3) is 1.86. The Balaban J connectivity index is 1.99. The number of hydrogen-bond acceptors (Lipinski definition) is 5. The summed E-state index contributed by atoms with van der Waals surface area (Å²) >= 11 is 0. The normalized spacial score (nSPS) is 28.2. The lowest BCUT2D eigenvalue weighted by molar-refractivity contribution is 0.190. The van der Waals surface area contributed by atoms with Crippen LogP contribution in [0.15, 0.2) is 35.3 Å². The number of rotatable bonds is 3.